The van der Waals surface area contributed by atoms with Crippen LogP contribution in [0.3, 0.4) is 0 Å². The molecular weight excluding hydrogens is 426 g/mol. The Kier molecular flexibility index (Phi) is 6.22. The predicted octanol–water partition coefficient (Wildman–Crippen LogP) is 5.33. The molecule has 7 heteroatoms. The van der Waals surface area contributed by atoms with E-state index in [1.807, 2.05) is 36.4 Å². The average Bonchev–Trinajstić information content (AvgIpc) is 3.05. The van der Waals surface area contributed by atoms with Crippen molar-refractivity contribution in [2.75, 3.05) is 5.32 Å². The average molecular weight is 448 g/mol. The molecule has 1 heterocycles. The van der Waals surface area contributed by atoms with E-state index in [9.17, 15) is 18.4 Å². The molecule has 0 radical (unpaired) electrons. The van der Waals surface area contributed by atoms with Crippen LogP contribution in [-0.4, -0.2) is 29.4 Å². The Balaban J connectivity index is 1.54. The van der Waals surface area contributed by atoms with Crippen molar-refractivity contribution in [3.05, 3.63) is 102 Å². The summed E-state index contributed by atoms with van der Waals surface area (Å²) in [7, 11) is 0. The van der Waals surface area contributed by atoms with Gasteiger partial charge in [0, 0.05) is 34.5 Å². The normalized spacial score (nSPS) is 13.8. The number of fused-ring (bicyclic) bond motifs is 1. The van der Waals surface area contributed by atoms with Crippen LogP contribution in [0.1, 0.15) is 34.0 Å². The molecule has 5 nitrogen and oxygen atoms in total. The zero-order chi connectivity index (χ0) is 23.5. The van der Waals surface area contributed by atoms with Gasteiger partial charge < -0.3 is 10.1 Å². The smallest absolute Gasteiger partial charge is 0.387 e. The topological polar surface area (TPSA) is 58.6 Å². The van der Waals surface area contributed by atoms with Crippen molar-refractivity contribution in [2.24, 2.45) is 0 Å². The summed E-state index contributed by atoms with van der Waals surface area (Å²) in [4.78, 5) is 27.1. The van der Waals surface area contributed by atoms with Crippen LogP contribution in [-0.2, 0) is 11.2 Å². The number of rotatable bonds is 7. The number of anilines is 1. The maximum absolute atomic E-state index is 13.0. The summed E-state index contributed by atoms with van der Waals surface area (Å²) in [6.45, 7) is 2.63. The number of ether oxygens (including phenoxy) is 1. The number of carbonyl (C=O) groups is 2. The number of hydrogen-bond donors (Lipinski definition) is 1. The molecule has 1 aliphatic heterocycles. The second-order valence-corrected chi connectivity index (χ2v) is 7.70. The van der Waals surface area contributed by atoms with E-state index in [0.717, 1.165) is 5.56 Å². The van der Waals surface area contributed by atoms with Crippen molar-refractivity contribution in [3.8, 4) is 5.75 Å². The summed E-state index contributed by atoms with van der Waals surface area (Å²) in [5.41, 5.74) is 3.48. The molecular formula is C26H22F2N2O3. The molecule has 1 aliphatic rings. The number of halogens is 2. The van der Waals surface area contributed by atoms with Crippen LogP contribution < -0.4 is 10.1 Å². The third-order valence-corrected chi connectivity index (χ3v) is 5.53. The fraction of sp³-hybridized carbons (Fsp3) is 0.154. The molecule has 168 valence electrons. The zero-order valence-electron chi connectivity index (χ0n) is 17.9. The van der Waals surface area contributed by atoms with Crippen LogP contribution in [0.5, 0.6) is 5.75 Å². The Morgan fingerprint density at radius 3 is 2.36 bits per heavy atom. The summed E-state index contributed by atoms with van der Waals surface area (Å²) in [6, 6.07) is 20.1. The molecule has 3 aromatic carbocycles. The molecule has 0 aromatic heterocycles. The molecule has 2 amide bonds. The van der Waals surface area contributed by atoms with Crippen molar-refractivity contribution in [3.63, 3.8) is 0 Å². The lowest BCUT2D eigenvalue weighted by Crippen LogP contribution is -2.41. The van der Waals surface area contributed by atoms with Gasteiger partial charge in [0.15, 0.2) is 0 Å². The summed E-state index contributed by atoms with van der Waals surface area (Å²) in [6.07, 6.45) is 0.346. The standard InChI is InChI=1S/C26H22F2N2O3/c1-16-21-10-6-7-11-22(21)25(32)30(16)17(2)24(31)29-20-12-13-23(33-26(27)28)19(15-20)14-18-8-4-3-5-9-18/h3-13,15,17,26H,1,14H2,2H3,(H,29,31). The van der Waals surface area contributed by atoms with E-state index >= 15 is 0 Å². The predicted molar refractivity (Wildman–Crippen MR) is 122 cm³/mol. The Labute approximate surface area is 190 Å². The first kappa shape index (κ1) is 22.2. The van der Waals surface area contributed by atoms with E-state index in [0.29, 0.717) is 34.5 Å². The van der Waals surface area contributed by atoms with Crippen LogP contribution in [0, 0.1) is 0 Å². The third-order valence-electron chi connectivity index (χ3n) is 5.53. The highest BCUT2D eigenvalue weighted by molar-refractivity contribution is 6.11. The van der Waals surface area contributed by atoms with Gasteiger partial charge in [0.1, 0.15) is 11.8 Å². The number of carbonyl (C=O) groups excluding carboxylic acids is 2. The van der Waals surface area contributed by atoms with E-state index in [1.165, 1.54) is 17.0 Å². The minimum Gasteiger partial charge on any atom is -0.435 e. The summed E-state index contributed by atoms with van der Waals surface area (Å²) in [5, 5.41) is 2.78. The second-order valence-electron chi connectivity index (χ2n) is 7.70. The van der Waals surface area contributed by atoms with Crippen molar-refractivity contribution in [1.29, 1.82) is 0 Å². The Hall–Kier alpha value is -4.00. The van der Waals surface area contributed by atoms with Gasteiger partial charge in [-0.3, -0.25) is 14.5 Å². The van der Waals surface area contributed by atoms with Crippen LogP contribution in [0.25, 0.3) is 5.70 Å². The van der Waals surface area contributed by atoms with Gasteiger partial charge in [-0.15, -0.1) is 0 Å². The summed E-state index contributed by atoms with van der Waals surface area (Å²) < 4.78 is 30.4. The number of benzene rings is 3. The Morgan fingerprint density at radius 2 is 1.70 bits per heavy atom. The van der Waals surface area contributed by atoms with E-state index in [1.54, 1.807) is 31.2 Å². The van der Waals surface area contributed by atoms with Crippen LogP contribution >= 0.6 is 0 Å². The molecule has 4 rings (SSSR count). The lowest BCUT2D eigenvalue weighted by atomic mass is 10.0. The lowest BCUT2D eigenvalue weighted by molar-refractivity contribution is -0.119. The molecule has 0 saturated heterocycles. The fourth-order valence-electron chi connectivity index (χ4n) is 3.90. The molecule has 0 bridgehead atoms. The number of nitrogens with zero attached hydrogens (tertiary/aromatic N) is 1. The van der Waals surface area contributed by atoms with Gasteiger partial charge in [-0.1, -0.05) is 55.1 Å². The highest BCUT2D eigenvalue weighted by atomic mass is 19.3. The number of alkyl halides is 2. The molecule has 1 atom stereocenters. The first-order chi connectivity index (χ1) is 15.8. The molecule has 33 heavy (non-hydrogen) atoms. The first-order valence-corrected chi connectivity index (χ1v) is 10.4. The number of amides is 2. The molecule has 0 fully saturated rings. The highest BCUT2D eigenvalue weighted by Crippen LogP contribution is 2.33. The molecule has 0 spiro atoms. The van der Waals surface area contributed by atoms with Gasteiger partial charge in [-0.05, 0) is 36.8 Å². The van der Waals surface area contributed by atoms with Gasteiger partial charge in [-0.25, -0.2) is 0 Å². The van der Waals surface area contributed by atoms with Gasteiger partial charge in [0.05, 0.1) is 0 Å². The van der Waals surface area contributed by atoms with E-state index < -0.39 is 18.6 Å². The van der Waals surface area contributed by atoms with Crippen molar-refractivity contribution >= 4 is 23.2 Å². The van der Waals surface area contributed by atoms with Crippen LogP contribution in [0.4, 0.5) is 14.5 Å². The van der Waals surface area contributed by atoms with Crippen molar-refractivity contribution < 1.29 is 23.1 Å². The van der Waals surface area contributed by atoms with Crippen molar-refractivity contribution in [2.45, 2.75) is 26.0 Å². The molecule has 3 aromatic rings. The van der Waals surface area contributed by atoms with Crippen LogP contribution in [0.15, 0.2) is 79.4 Å². The highest BCUT2D eigenvalue weighted by Gasteiger charge is 2.36. The molecule has 1 N–H and O–H groups in total. The summed E-state index contributed by atoms with van der Waals surface area (Å²) >= 11 is 0. The number of nitrogens with one attached hydrogen (secondary N) is 1. The second kappa shape index (κ2) is 9.24. The zero-order valence-corrected chi connectivity index (χ0v) is 17.9. The largest absolute Gasteiger partial charge is 0.435 e. The number of hydrogen-bond acceptors (Lipinski definition) is 3. The van der Waals surface area contributed by atoms with Crippen molar-refractivity contribution in [1.82, 2.24) is 4.90 Å². The lowest BCUT2D eigenvalue weighted by Gasteiger charge is -2.25. The quantitative estimate of drug-likeness (QED) is 0.531. The molecule has 0 aliphatic carbocycles. The van der Waals surface area contributed by atoms with Gasteiger partial charge in [0.25, 0.3) is 5.91 Å². The minimum atomic E-state index is -2.96. The van der Waals surface area contributed by atoms with Gasteiger partial charge in [-0.2, -0.15) is 8.78 Å². The Morgan fingerprint density at radius 1 is 1.03 bits per heavy atom. The Bertz CT molecular complexity index is 1180. The minimum absolute atomic E-state index is 0.0402. The maximum atomic E-state index is 13.0. The maximum Gasteiger partial charge on any atom is 0.387 e. The molecule has 0 saturated carbocycles. The monoisotopic (exact) mass is 448 g/mol. The first-order valence-electron chi connectivity index (χ1n) is 10.4. The van der Waals surface area contributed by atoms with Gasteiger partial charge in [0.2, 0.25) is 5.91 Å². The fourth-order valence-corrected chi connectivity index (χ4v) is 3.90. The van der Waals surface area contributed by atoms with E-state index in [-0.39, 0.29) is 11.7 Å². The van der Waals surface area contributed by atoms with Gasteiger partial charge >= 0.3 is 6.61 Å². The molecule has 1 unspecified atom stereocenters. The van der Waals surface area contributed by atoms with Crippen LogP contribution in [0.2, 0.25) is 0 Å². The summed E-state index contributed by atoms with van der Waals surface area (Å²) in [5.74, 6) is -0.673. The van der Waals surface area contributed by atoms with E-state index in [4.69, 9.17) is 0 Å². The van der Waals surface area contributed by atoms with E-state index in [2.05, 4.69) is 16.6 Å². The SMILES string of the molecule is C=C1c2ccccc2C(=O)N1C(C)C(=O)Nc1ccc(OC(F)F)c(Cc2ccccc2)c1. The third kappa shape index (κ3) is 4.62.